The molecule has 0 saturated heterocycles. The maximum Gasteiger partial charge on any atom is 0.193 e. The summed E-state index contributed by atoms with van der Waals surface area (Å²) in [5.41, 5.74) is 7.74. The number of halogens is 2. The average molecular weight is 310 g/mol. The summed E-state index contributed by atoms with van der Waals surface area (Å²) in [6, 6.07) is 8.30. The molecule has 0 amide bonds. The highest BCUT2D eigenvalue weighted by Crippen LogP contribution is 2.30. The number of carbonyl (C=O) groups is 1. The monoisotopic (exact) mass is 309 g/mol. The van der Waals surface area contributed by atoms with Gasteiger partial charge in [-0.25, -0.2) is 0 Å². The van der Waals surface area contributed by atoms with Crippen LogP contribution in [0.4, 0.5) is 5.69 Å². The van der Waals surface area contributed by atoms with E-state index in [-0.39, 0.29) is 21.5 Å². The summed E-state index contributed by atoms with van der Waals surface area (Å²) in [5, 5.41) is 0.541. The smallest absolute Gasteiger partial charge is 0.193 e. The molecule has 5 heteroatoms. The Hall–Kier alpha value is -1.71. The highest BCUT2D eigenvalue weighted by atomic mass is 35.5. The summed E-state index contributed by atoms with van der Waals surface area (Å²) in [5.74, 6) is 0.543. The van der Waals surface area contributed by atoms with Crippen molar-refractivity contribution < 1.29 is 9.53 Å². The molecule has 104 valence electrons. The number of hydrogen-bond acceptors (Lipinski definition) is 3. The van der Waals surface area contributed by atoms with Gasteiger partial charge in [0, 0.05) is 11.1 Å². The number of aryl methyl sites for hydroxylation is 1. The molecule has 0 aromatic heterocycles. The van der Waals surface area contributed by atoms with Gasteiger partial charge >= 0.3 is 0 Å². The number of rotatable bonds is 3. The number of ether oxygens (including phenoxy) is 1. The van der Waals surface area contributed by atoms with E-state index in [4.69, 9.17) is 33.7 Å². The van der Waals surface area contributed by atoms with Crippen molar-refractivity contribution in [1.82, 2.24) is 0 Å². The van der Waals surface area contributed by atoms with Gasteiger partial charge in [-0.05, 0) is 42.8 Å². The molecule has 0 fully saturated rings. The minimum atomic E-state index is -0.158. The number of carbonyl (C=O) groups excluding carboxylic acids is 1. The maximum atomic E-state index is 12.5. The number of nitrogens with two attached hydrogens (primary N) is 1. The van der Waals surface area contributed by atoms with Gasteiger partial charge in [0.2, 0.25) is 0 Å². The van der Waals surface area contributed by atoms with Gasteiger partial charge in [0.1, 0.15) is 5.75 Å². The molecule has 0 bridgehead atoms. The molecule has 0 aliphatic heterocycles. The first-order chi connectivity index (χ1) is 9.43. The number of ketones is 1. The van der Waals surface area contributed by atoms with Crippen LogP contribution in [0.15, 0.2) is 30.3 Å². The summed E-state index contributed by atoms with van der Waals surface area (Å²) in [6.07, 6.45) is 0. The van der Waals surface area contributed by atoms with Gasteiger partial charge in [0.25, 0.3) is 0 Å². The molecule has 2 N–H and O–H groups in total. The van der Waals surface area contributed by atoms with E-state index in [9.17, 15) is 4.79 Å². The first kappa shape index (κ1) is 14.7. The third-order valence-corrected chi connectivity index (χ3v) is 3.64. The van der Waals surface area contributed by atoms with E-state index in [0.29, 0.717) is 16.9 Å². The zero-order chi connectivity index (χ0) is 14.9. The van der Waals surface area contributed by atoms with Crippen molar-refractivity contribution in [3.63, 3.8) is 0 Å². The summed E-state index contributed by atoms with van der Waals surface area (Å²) in [7, 11) is 1.58. The van der Waals surface area contributed by atoms with Crippen LogP contribution in [0.1, 0.15) is 21.5 Å². The molecule has 0 radical (unpaired) electrons. The third kappa shape index (κ3) is 2.74. The van der Waals surface area contributed by atoms with Gasteiger partial charge in [-0.2, -0.15) is 0 Å². The zero-order valence-corrected chi connectivity index (χ0v) is 12.5. The Morgan fingerprint density at radius 1 is 1.15 bits per heavy atom. The van der Waals surface area contributed by atoms with E-state index >= 15 is 0 Å². The number of anilines is 1. The van der Waals surface area contributed by atoms with Crippen LogP contribution in [0.5, 0.6) is 5.75 Å². The lowest BCUT2D eigenvalue weighted by Gasteiger charge is -2.09. The highest BCUT2D eigenvalue weighted by molar-refractivity contribution is 6.39. The van der Waals surface area contributed by atoms with Crippen molar-refractivity contribution >= 4 is 34.7 Å². The highest BCUT2D eigenvalue weighted by Gasteiger charge is 2.15. The standard InChI is InChI=1S/C15H13Cl2NO2/c1-8-5-10(20-2)3-4-11(8)15(19)9-6-12(16)14(18)13(17)7-9/h3-7H,18H2,1-2H3. The second-order valence-corrected chi connectivity index (χ2v) is 5.18. The summed E-state index contributed by atoms with van der Waals surface area (Å²) >= 11 is 11.9. The molecule has 0 heterocycles. The van der Waals surface area contributed by atoms with Gasteiger partial charge in [-0.1, -0.05) is 23.2 Å². The summed E-state index contributed by atoms with van der Waals surface area (Å²) < 4.78 is 5.12. The van der Waals surface area contributed by atoms with Crippen molar-refractivity contribution in [2.75, 3.05) is 12.8 Å². The number of hydrogen-bond donors (Lipinski definition) is 1. The Balaban J connectivity index is 2.46. The molecule has 0 aliphatic rings. The SMILES string of the molecule is COc1ccc(C(=O)c2cc(Cl)c(N)c(Cl)c2)c(C)c1. The lowest BCUT2D eigenvalue weighted by Crippen LogP contribution is -2.05. The fraction of sp³-hybridized carbons (Fsp3) is 0.133. The second kappa shape index (κ2) is 5.73. The molecule has 2 aromatic rings. The van der Waals surface area contributed by atoms with Crippen LogP contribution in [-0.2, 0) is 0 Å². The largest absolute Gasteiger partial charge is 0.497 e. The van der Waals surface area contributed by atoms with Gasteiger partial charge < -0.3 is 10.5 Å². The molecule has 20 heavy (non-hydrogen) atoms. The molecule has 0 unspecified atom stereocenters. The summed E-state index contributed by atoms with van der Waals surface area (Å²) in [6.45, 7) is 1.84. The van der Waals surface area contributed by atoms with Crippen LogP contribution in [0.3, 0.4) is 0 Å². The molecule has 2 rings (SSSR count). The first-order valence-corrected chi connectivity index (χ1v) is 6.63. The van der Waals surface area contributed by atoms with Gasteiger partial charge in [0.05, 0.1) is 22.8 Å². The minimum Gasteiger partial charge on any atom is -0.497 e. The molecule has 3 nitrogen and oxygen atoms in total. The fourth-order valence-corrected chi connectivity index (χ4v) is 2.38. The Morgan fingerprint density at radius 3 is 2.25 bits per heavy atom. The third-order valence-electron chi connectivity index (χ3n) is 3.02. The molecule has 2 aromatic carbocycles. The Labute approximate surface area is 127 Å². The van der Waals surface area contributed by atoms with Crippen LogP contribution in [0.25, 0.3) is 0 Å². The van der Waals surface area contributed by atoms with Crippen LogP contribution in [0, 0.1) is 6.92 Å². The van der Waals surface area contributed by atoms with E-state index < -0.39 is 0 Å². The van der Waals surface area contributed by atoms with Crippen molar-refractivity contribution in [3.05, 3.63) is 57.1 Å². The predicted octanol–water partition coefficient (Wildman–Crippen LogP) is 4.12. The predicted molar refractivity (Wildman–Crippen MR) is 82.0 cm³/mol. The quantitative estimate of drug-likeness (QED) is 0.685. The minimum absolute atomic E-state index is 0.158. The average Bonchev–Trinajstić information content (AvgIpc) is 2.43. The number of benzene rings is 2. The van der Waals surface area contributed by atoms with Crippen LogP contribution in [0.2, 0.25) is 10.0 Å². The Morgan fingerprint density at radius 2 is 1.75 bits per heavy atom. The molecular formula is C15H13Cl2NO2. The van der Waals surface area contributed by atoms with Crippen molar-refractivity contribution in [2.45, 2.75) is 6.92 Å². The molecule has 0 aliphatic carbocycles. The Bertz CT molecular complexity index is 661. The van der Waals surface area contributed by atoms with E-state index in [2.05, 4.69) is 0 Å². The Kier molecular flexibility index (Phi) is 4.21. The molecule has 0 spiro atoms. The van der Waals surface area contributed by atoms with Crippen LogP contribution >= 0.6 is 23.2 Å². The lowest BCUT2D eigenvalue weighted by atomic mass is 9.98. The first-order valence-electron chi connectivity index (χ1n) is 5.88. The lowest BCUT2D eigenvalue weighted by molar-refractivity contribution is 0.103. The maximum absolute atomic E-state index is 12.5. The van der Waals surface area contributed by atoms with E-state index in [0.717, 1.165) is 5.56 Å². The molecule has 0 atom stereocenters. The van der Waals surface area contributed by atoms with Gasteiger partial charge in [0.15, 0.2) is 5.78 Å². The van der Waals surface area contributed by atoms with Gasteiger partial charge in [-0.15, -0.1) is 0 Å². The van der Waals surface area contributed by atoms with Crippen molar-refractivity contribution in [1.29, 1.82) is 0 Å². The van der Waals surface area contributed by atoms with Crippen LogP contribution < -0.4 is 10.5 Å². The molecule has 0 saturated carbocycles. The van der Waals surface area contributed by atoms with E-state index in [1.165, 1.54) is 12.1 Å². The van der Waals surface area contributed by atoms with Crippen molar-refractivity contribution in [3.8, 4) is 5.75 Å². The van der Waals surface area contributed by atoms with Crippen LogP contribution in [-0.4, -0.2) is 12.9 Å². The second-order valence-electron chi connectivity index (χ2n) is 4.36. The number of methoxy groups -OCH3 is 1. The zero-order valence-electron chi connectivity index (χ0n) is 11.0. The van der Waals surface area contributed by atoms with Crippen molar-refractivity contribution in [2.24, 2.45) is 0 Å². The summed E-state index contributed by atoms with van der Waals surface area (Å²) in [4.78, 5) is 12.5. The normalized spacial score (nSPS) is 10.4. The topological polar surface area (TPSA) is 52.3 Å². The fourth-order valence-electron chi connectivity index (χ4n) is 1.89. The van der Waals surface area contributed by atoms with E-state index in [1.54, 1.807) is 25.3 Å². The van der Waals surface area contributed by atoms with E-state index in [1.807, 2.05) is 6.92 Å². The van der Waals surface area contributed by atoms with Gasteiger partial charge in [-0.3, -0.25) is 4.79 Å². The molecular weight excluding hydrogens is 297 g/mol. The number of nitrogen functional groups attached to an aromatic ring is 1.